The summed E-state index contributed by atoms with van der Waals surface area (Å²) in [5, 5.41) is 13.8. The van der Waals surface area contributed by atoms with Crippen LogP contribution in [0.2, 0.25) is 10.0 Å². The Kier molecular flexibility index (Phi) is 7.56. The zero-order valence-corrected chi connectivity index (χ0v) is 16.7. The van der Waals surface area contributed by atoms with Crippen molar-refractivity contribution in [1.29, 1.82) is 0 Å². The van der Waals surface area contributed by atoms with Gasteiger partial charge in [0.25, 0.3) is 0 Å². The number of halogens is 3. The Morgan fingerprint density at radius 2 is 2.04 bits per heavy atom. The van der Waals surface area contributed by atoms with Crippen LogP contribution in [0.5, 0.6) is 11.5 Å². The molecule has 6 nitrogen and oxygen atoms in total. The minimum absolute atomic E-state index is 0.323. The maximum absolute atomic E-state index is 10.7. The van der Waals surface area contributed by atoms with Crippen molar-refractivity contribution in [2.24, 2.45) is 5.10 Å². The van der Waals surface area contributed by atoms with Crippen LogP contribution >= 0.6 is 39.1 Å². The number of carboxylic acids is 1. The molecule has 0 aliphatic rings. The van der Waals surface area contributed by atoms with E-state index >= 15 is 0 Å². The van der Waals surface area contributed by atoms with Crippen LogP contribution in [0.15, 0.2) is 39.9 Å². The minimum atomic E-state index is -1.07. The van der Waals surface area contributed by atoms with Gasteiger partial charge in [-0.3, -0.25) is 5.43 Å². The van der Waals surface area contributed by atoms with Crippen LogP contribution in [0.4, 0.5) is 5.69 Å². The Morgan fingerprint density at radius 1 is 1.27 bits per heavy atom. The van der Waals surface area contributed by atoms with Gasteiger partial charge in [-0.2, -0.15) is 5.10 Å². The van der Waals surface area contributed by atoms with Crippen molar-refractivity contribution in [1.82, 2.24) is 0 Å². The summed E-state index contributed by atoms with van der Waals surface area (Å²) in [7, 11) is 0. The van der Waals surface area contributed by atoms with Crippen LogP contribution in [0.25, 0.3) is 0 Å². The Labute approximate surface area is 168 Å². The van der Waals surface area contributed by atoms with E-state index in [9.17, 15) is 4.79 Å². The Balaban J connectivity index is 2.17. The molecular weight excluding hydrogens is 447 g/mol. The van der Waals surface area contributed by atoms with Gasteiger partial charge in [0.1, 0.15) is 0 Å². The molecule has 0 saturated carbocycles. The summed E-state index contributed by atoms with van der Waals surface area (Å²) in [6.45, 7) is 1.75. The van der Waals surface area contributed by atoms with Gasteiger partial charge >= 0.3 is 5.97 Å². The molecule has 0 bridgehead atoms. The summed E-state index contributed by atoms with van der Waals surface area (Å²) in [4.78, 5) is 10.7. The van der Waals surface area contributed by atoms with Gasteiger partial charge in [-0.25, -0.2) is 4.79 Å². The number of anilines is 1. The van der Waals surface area contributed by atoms with Crippen molar-refractivity contribution in [3.63, 3.8) is 0 Å². The number of ether oxygens (including phenoxy) is 2. The summed E-state index contributed by atoms with van der Waals surface area (Å²) in [5.41, 5.74) is 4.25. The predicted octanol–water partition coefficient (Wildman–Crippen LogP) is 5.06. The molecule has 0 aliphatic heterocycles. The first kappa shape index (κ1) is 20.4. The topological polar surface area (TPSA) is 80.1 Å². The number of aliphatic carboxylic acids is 1. The van der Waals surface area contributed by atoms with E-state index in [4.69, 9.17) is 37.8 Å². The quantitative estimate of drug-likeness (QED) is 0.424. The normalized spacial score (nSPS) is 10.8. The number of nitrogens with zero attached hydrogens (tertiary/aromatic N) is 1. The van der Waals surface area contributed by atoms with Crippen LogP contribution < -0.4 is 14.9 Å². The number of carboxylic acid groups (broad SMARTS) is 1. The van der Waals surface area contributed by atoms with Gasteiger partial charge < -0.3 is 14.6 Å². The lowest BCUT2D eigenvalue weighted by molar-refractivity contribution is -0.139. The van der Waals surface area contributed by atoms with Crippen LogP contribution in [0.3, 0.4) is 0 Å². The van der Waals surface area contributed by atoms with Gasteiger partial charge in [-0.05, 0) is 58.7 Å². The molecule has 0 aliphatic carbocycles. The fourth-order valence-electron chi connectivity index (χ4n) is 1.95. The molecule has 0 heterocycles. The average molecular weight is 462 g/mol. The molecule has 2 rings (SSSR count). The third-order valence-corrected chi connectivity index (χ3v) is 4.33. The maximum atomic E-state index is 10.7. The molecule has 2 aromatic rings. The average Bonchev–Trinajstić information content (AvgIpc) is 2.57. The molecule has 0 saturated heterocycles. The highest BCUT2D eigenvalue weighted by Gasteiger charge is 2.13. The lowest BCUT2D eigenvalue weighted by Crippen LogP contribution is -2.11. The summed E-state index contributed by atoms with van der Waals surface area (Å²) >= 11 is 15.2. The number of nitrogens with one attached hydrogen (secondary N) is 1. The second kappa shape index (κ2) is 9.66. The molecule has 138 valence electrons. The molecule has 9 heteroatoms. The lowest BCUT2D eigenvalue weighted by atomic mass is 10.2. The van der Waals surface area contributed by atoms with E-state index in [1.54, 1.807) is 36.5 Å². The van der Waals surface area contributed by atoms with Gasteiger partial charge in [-0.1, -0.05) is 23.2 Å². The van der Waals surface area contributed by atoms with Crippen LogP contribution in [0.1, 0.15) is 12.5 Å². The van der Waals surface area contributed by atoms with Crippen molar-refractivity contribution in [2.45, 2.75) is 6.92 Å². The molecule has 0 amide bonds. The minimum Gasteiger partial charge on any atom is -0.490 e. The lowest BCUT2D eigenvalue weighted by Gasteiger charge is -2.13. The van der Waals surface area contributed by atoms with E-state index in [-0.39, 0.29) is 0 Å². The molecule has 0 spiro atoms. The van der Waals surface area contributed by atoms with Crippen LogP contribution in [-0.2, 0) is 4.79 Å². The molecule has 0 fully saturated rings. The summed E-state index contributed by atoms with van der Waals surface area (Å²) in [6, 6.07) is 8.51. The van der Waals surface area contributed by atoms with Gasteiger partial charge in [0.05, 0.1) is 33.0 Å². The largest absolute Gasteiger partial charge is 0.490 e. The van der Waals surface area contributed by atoms with Gasteiger partial charge in [0, 0.05) is 0 Å². The van der Waals surface area contributed by atoms with Crippen molar-refractivity contribution < 1.29 is 19.4 Å². The van der Waals surface area contributed by atoms with Gasteiger partial charge in [0.2, 0.25) is 0 Å². The molecule has 2 N–H and O–H groups in total. The van der Waals surface area contributed by atoms with E-state index in [1.807, 2.05) is 6.92 Å². The van der Waals surface area contributed by atoms with E-state index in [0.29, 0.717) is 38.3 Å². The predicted molar refractivity (Wildman–Crippen MR) is 106 cm³/mol. The molecule has 0 aromatic heterocycles. The summed E-state index contributed by atoms with van der Waals surface area (Å²) < 4.78 is 11.4. The van der Waals surface area contributed by atoms with E-state index < -0.39 is 12.6 Å². The van der Waals surface area contributed by atoms with Gasteiger partial charge in [0.15, 0.2) is 18.1 Å². The van der Waals surface area contributed by atoms with Crippen molar-refractivity contribution in [3.8, 4) is 11.5 Å². The zero-order chi connectivity index (χ0) is 19.1. The molecule has 2 aromatic carbocycles. The van der Waals surface area contributed by atoms with Crippen molar-refractivity contribution in [3.05, 3.63) is 50.4 Å². The standard InChI is InChI=1S/C17H15BrCl2N2O4/c1-2-25-15-6-10(5-12(18)17(15)26-9-16(23)24)8-21-22-11-3-4-13(19)14(20)7-11/h3-8,22H,2,9H2,1H3,(H,23,24)/b21-8-. The smallest absolute Gasteiger partial charge is 0.341 e. The number of benzene rings is 2. The summed E-state index contributed by atoms with van der Waals surface area (Å²) in [5.74, 6) is -0.334. The maximum Gasteiger partial charge on any atom is 0.341 e. The van der Waals surface area contributed by atoms with E-state index in [2.05, 4.69) is 26.5 Å². The first-order valence-corrected chi connectivity index (χ1v) is 9.00. The number of rotatable bonds is 8. The monoisotopic (exact) mass is 460 g/mol. The number of hydrogen-bond donors (Lipinski definition) is 2. The molecule has 0 atom stereocenters. The number of carbonyl (C=O) groups is 1. The Morgan fingerprint density at radius 3 is 2.69 bits per heavy atom. The highest BCUT2D eigenvalue weighted by Crippen LogP contribution is 2.36. The molecule has 26 heavy (non-hydrogen) atoms. The Hall–Kier alpha value is -1.96. The highest BCUT2D eigenvalue weighted by molar-refractivity contribution is 9.10. The second-order valence-electron chi connectivity index (χ2n) is 4.94. The first-order valence-electron chi connectivity index (χ1n) is 7.45. The first-order chi connectivity index (χ1) is 12.4. The summed E-state index contributed by atoms with van der Waals surface area (Å²) in [6.07, 6.45) is 1.58. The molecule has 0 unspecified atom stereocenters. The van der Waals surface area contributed by atoms with Crippen molar-refractivity contribution in [2.75, 3.05) is 18.6 Å². The van der Waals surface area contributed by atoms with Crippen LogP contribution in [-0.4, -0.2) is 30.5 Å². The molecule has 0 radical (unpaired) electrons. The van der Waals surface area contributed by atoms with Crippen molar-refractivity contribution >= 4 is 57.0 Å². The Bertz CT molecular complexity index is 831. The molecular formula is C17H15BrCl2N2O4. The SMILES string of the molecule is CCOc1cc(/C=N\Nc2ccc(Cl)c(Cl)c2)cc(Br)c1OCC(=O)O. The zero-order valence-electron chi connectivity index (χ0n) is 13.6. The highest BCUT2D eigenvalue weighted by atomic mass is 79.9. The third-order valence-electron chi connectivity index (χ3n) is 3.00. The van der Waals surface area contributed by atoms with Crippen LogP contribution in [0, 0.1) is 0 Å². The van der Waals surface area contributed by atoms with E-state index in [0.717, 1.165) is 5.56 Å². The fraction of sp³-hybridized carbons (Fsp3) is 0.176. The third kappa shape index (κ3) is 5.79. The second-order valence-corrected chi connectivity index (χ2v) is 6.61. The van der Waals surface area contributed by atoms with Gasteiger partial charge in [-0.15, -0.1) is 0 Å². The number of hydrogen-bond acceptors (Lipinski definition) is 5. The van der Waals surface area contributed by atoms with E-state index in [1.165, 1.54) is 0 Å². The number of hydrazone groups is 1. The fourth-order valence-corrected chi connectivity index (χ4v) is 2.82.